The highest BCUT2D eigenvalue weighted by Gasteiger charge is 2.20. The Kier molecular flexibility index (Phi) is 5.50. The summed E-state index contributed by atoms with van der Waals surface area (Å²) in [6, 6.07) is 35.0. The summed E-state index contributed by atoms with van der Waals surface area (Å²) in [5.74, 6) is 0. The number of nitrogens with zero attached hydrogens (tertiary/aromatic N) is 1. The lowest BCUT2D eigenvalue weighted by Crippen LogP contribution is -2.12. The van der Waals surface area contributed by atoms with Crippen molar-refractivity contribution in [2.45, 2.75) is 33.1 Å². The fourth-order valence-corrected chi connectivity index (χ4v) is 6.46. The largest absolute Gasteiger partial charge is 0.255 e. The van der Waals surface area contributed by atoms with Gasteiger partial charge in [0.05, 0.1) is 10.4 Å². The van der Waals surface area contributed by atoms with E-state index in [1.165, 1.54) is 59.1 Å². The molecule has 0 radical (unpaired) electrons. The summed E-state index contributed by atoms with van der Waals surface area (Å²) >= 11 is 1.86. The molecule has 0 aliphatic carbocycles. The Hall–Kier alpha value is -3.75. The Bertz CT molecular complexity index is 1700. The predicted octanol–water partition coefficient (Wildman–Crippen LogP) is 10.1. The van der Waals surface area contributed by atoms with Gasteiger partial charge in [0.2, 0.25) is 0 Å². The van der Waals surface area contributed by atoms with E-state index in [1.807, 2.05) is 17.5 Å². The zero-order valence-electron chi connectivity index (χ0n) is 21.2. The van der Waals surface area contributed by atoms with Crippen molar-refractivity contribution in [2.24, 2.45) is 0 Å². The highest BCUT2D eigenvalue weighted by Crippen LogP contribution is 2.43. The molecule has 4 aromatic carbocycles. The van der Waals surface area contributed by atoms with Crippen LogP contribution in [0.5, 0.6) is 0 Å². The van der Waals surface area contributed by atoms with Gasteiger partial charge in [0.1, 0.15) is 0 Å². The number of rotatable bonds is 3. The second kappa shape index (κ2) is 8.72. The molecule has 0 saturated carbocycles. The van der Waals surface area contributed by atoms with Gasteiger partial charge in [-0.3, -0.25) is 4.98 Å². The maximum absolute atomic E-state index is 4.92. The summed E-state index contributed by atoms with van der Waals surface area (Å²) in [6.45, 7) is 9.11. The molecule has 1 nitrogen and oxygen atoms in total. The Morgan fingerprint density at radius 2 is 1.31 bits per heavy atom. The lowest BCUT2D eigenvalue weighted by atomic mass is 9.82. The van der Waals surface area contributed by atoms with Gasteiger partial charge in [-0.25, -0.2) is 0 Å². The van der Waals surface area contributed by atoms with Crippen molar-refractivity contribution in [3.8, 4) is 32.8 Å². The Morgan fingerprint density at radius 1 is 0.639 bits per heavy atom. The normalized spacial score (nSPS) is 11.9. The number of pyridine rings is 1. The summed E-state index contributed by atoms with van der Waals surface area (Å²) in [5, 5.41) is 3.88. The maximum atomic E-state index is 4.92. The Morgan fingerprint density at radius 3 is 2.06 bits per heavy atom. The van der Waals surface area contributed by atoms with Crippen molar-refractivity contribution < 1.29 is 0 Å². The summed E-state index contributed by atoms with van der Waals surface area (Å²) in [7, 11) is 0. The van der Waals surface area contributed by atoms with E-state index in [0.717, 1.165) is 5.69 Å². The van der Waals surface area contributed by atoms with Crippen molar-refractivity contribution in [2.75, 3.05) is 0 Å². The van der Waals surface area contributed by atoms with Gasteiger partial charge in [0.15, 0.2) is 0 Å². The Labute approximate surface area is 217 Å². The zero-order chi connectivity index (χ0) is 24.9. The molecule has 0 saturated heterocycles. The first-order valence-corrected chi connectivity index (χ1v) is 13.3. The average molecular weight is 484 g/mol. The average Bonchev–Trinajstić information content (AvgIpc) is 3.24. The number of fused-ring (bicyclic) bond motifs is 2. The fourth-order valence-electron chi connectivity index (χ4n) is 5.14. The molecular weight excluding hydrogens is 454 g/mol. The number of aryl methyl sites for hydroxylation is 1. The first-order chi connectivity index (χ1) is 17.4. The predicted molar refractivity (Wildman–Crippen MR) is 157 cm³/mol. The standard InChI is InChI=1S/C34H29NS/c1-22-28-18-19-35-31(27-20-26-12-8-9-13-29(26)30(21-27)34(2,3)4)33(28)36-32(22)25-16-14-24(15-17-25)23-10-6-5-7-11-23/h5-21H,1-4H3. The summed E-state index contributed by atoms with van der Waals surface area (Å²) in [6.07, 6.45) is 1.96. The number of hydrogen-bond donors (Lipinski definition) is 0. The second-order valence-corrected chi connectivity index (χ2v) is 11.6. The van der Waals surface area contributed by atoms with Crippen molar-refractivity contribution in [3.05, 3.63) is 114 Å². The quantitative estimate of drug-likeness (QED) is 0.244. The first-order valence-electron chi connectivity index (χ1n) is 12.5. The van der Waals surface area contributed by atoms with Gasteiger partial charge < -0.3 is 0 Å². The number of thiophene rings is 1. The summed E-state index contributed by atoms with van der Waals surface area (Å²) in [4.78, 5) is 6.23. The van der Waals surface area contributed by atoms with Crippen molar-refractivity contribution >= 4 is 32.2 Å². The number of benzene rings is 4. The molecule has 36 heavy (non-hydrogen) atoms. The van der Waals surface area contributed by atoms with Gasteiger partial charge in [-0.05, 0) is 74.5 Å². The van der Waals surface area contributed by atoms with E-state index >= 15 is 0 Å². The molecule has 0 atom stereocenters. The molecule has 0 aliphatic heterocycles. The molecule has 0 fully saturated rings. The van der Waals surface area contributed by atoms with Crippen LogP contribution in [0, 0.1) is 6.92 Å². The summed E-state index contributed by atoms with van der Waals surface area (Å²) in [5.41, 5.74) is 8.73. The van der Waals surface area contributed by atoms with Crippen LogP contribution in [0.15, 0.2) is 103 Å². The molecule has 0 spiro atoms. The molecule has 2 heteroatoms. The molecule has 2 aromatic heterocycles. The smallest absolute Gasteiger partial charge is 0.0880 e. The van der Waals surface area contributed by atoms with Crippen LogP contribution < -0.4 is 0 Å². The number of aromatic nitrogens is 1. The molecule has 0 unspecified atom stereocenters. The van der Waals surface area contributed by atoms with Gasteiger partial charge in [-0.15, -0.1) is 11.3 Å². The molecule has 6 aromatic rings. The van der Waals surface area contributed by atoms with E-state index in [2.05, 4.69) is 125 Å². The van der Waals surface area contributed by atoms with Crippen LogP contribution >= 0.6 is 11.3 Å². The third-order valence-electron chi connectivity index (χ3n) is 7.05. The molecule has 0 bridgehead atoms. The molecule has 2 heterocycles. The Balaban J connectivity index is 1.50. The van der Waals surface area contributed by atoms with E-state index in [9.17, 15) is 0 Å². The van der Waals surface area contributed by atoms with Crippen LogP contribution in [0.3, 0.4) is 0 Å². The topological polar surface area (TPSA) is 12.9 Å². The molecule has 6 rings (SSSR count). The minimum absolute atomic E-state index is 0.0422. The molecule has 176 valence electrons. The van der Waals surface area contributed by atoms with Crippen LogP contribution in [0.2, 0.25) is 0 Å². The summed E-state index contributed by atoms with van der Waals surface area (Å²) < 4.78 is 1.26. The van der Waals surface area contributed by atoms with Crippen LogP contribution in [0.25, 0.3) is 53.7 Å². The third-order valence-corrected chi connectivity index (χ3v) is 8.41. The van der Waals surface area contributed by atoms with E-state index in [1.54, 1.807) is 0 Å². The maximum Gasteiger partial charge on any atom is 0.0880 e. The van der Waals surface area contributed by atoms with Crippen LogP contribution in [-0.2, 0) is 5.41 Å². The highest BCUT2D eigenvalue weighted by molar-refractivity contribution is 7.23. The third kappa shape index (κ3) is 3.92. The molecular formula is C34H29NS. The minimum atomic E-state index is 0.0422. The van der Waals surface area contributed by atoms with E-state index < -0.39 is 0 Å². The van der Waals surface area contributed by atoms with Gasteiger partial charge in [0, 0.05) is 16.6 Å². The van der Waals surface area contributed by atoms with Crippen LogP contribution in [0.4, 0.5) is 0 Å². The lowest BCUT2D eigenvalue weighted by molar-refractivity contribution is 0.596. The van der Waals surface area contributed by atoms with Crippen molar-refractivity contribution in [1.82, 2.24) is 4.98 Å². The van der Waals surface area contributed by atoms with Gasteiger partial charge in [0.25, 0.3) is 0 Å². The lowest BCUT2D eigenvalue weighted by Gasteiger charge is -2.22. The van der Waals surface area contributed by atoms with E-state index in [0.29, 0.717) is 0 Å². The van der Waals surface area contributed by atoms with Crippen molar-refractivity contribution in [3.63, 3.8) is 0 Å². The van der Waals surface area contributed by atoms with Gasteiger partial charge >= 0.3 is 0 Å². The van der Waals surface area contributed by atoms with Gasteiger partial charge in [-0.2, -0.15) is 0 Å². The second-order valence-electron chi connectivity index (χ2n) is 10.5. The fraction of sp³-hybridized carbons (Fsp3) is 0.147. The van der Waals surface area contributed by atoms with Crippen LogP contribution in [-0.4, -0.2) is 4.98 Å². The molecule has 0 aliphatic rings. The number of hydrogen-bond acceptors (Lipinski definition) is 2. The first kappa shape index (κ1) is 22.7. The highest BCUT2D eigenvalue weighted by atomic mass is 32.1. The molecule has 0 amide bonds. The van der Waals surface area contributed by atoms with Crippen LogP contribution in [0.1, 0.15) is 31.9 Å². The SMILES string of the molecule is Cc1c(-c2ccc(-c3ccccc3)cc2)sc2c(-c3cc(C(C)(C)C)c4ccccc4c3)nccc12. The molecule has 0 N–H and O–H groups in total. The minimum Gasteiger partial charge on any atom is -0.255 e. The van der Waals surface area contributed by atoms with E-state index in [-0.39, 0.29) is 5.41 Å². The monoisotopic (exact) mass is 483 g/mol. The van der Waals surface area contributed by atoms with Crippen molar-refractivity contribution in [1.29, 1.82) is 0 Å². The van der Waals surface area contributed by atoms with Gasteiger partial charge in [-0.1, -0.05) is 99.6 Å². The zero-order valence-corrected chi connectivity index (χ0v) is 22.0. The van der Waals surface area contributed by atoms with E-state index in [4.69, 9.17) is 4.98 Å².